The Bertz CT molecular complexity index is 655. The zero-order valence-corrected chi connectivity index (χ0v) is 13.5. The summed E-state index contributed by atoms with van der Waals surface area (Å²) in [5.74, 6) is 0.0498. The van der Waals surface area contributed by atoms with E-state index in [1.165, 1.54) is 33.3 Å². The summed E-state index contributed by atoms with van der Waals surface area (Å²) >= 11 is 0. The molecular formula is C18H26N2O. The molecule has 114 valence electrons. The molecule has 1 atom stereocenters. The number of fused-ring (bicyclic) bond motifs is 1. The molecule has 1 aromatic carbocycles. The summed E-state index contributed by atoms with van der Waals surface area (Å²) in [4.78, 5) is 15.1. The highest BCUT2D eigenvalue weighted by atomic mass is 16.1. The van der Waals surface area contributed by atoms with Gasteiger partial charge in [0, 0.05) is 16.6 Å². The zero-order valence-electron chi connectivity index (χ0n) is 13.5. The molecule has 3 N–H and O–H groups in total. The van der Waals surface area contributed by atoms with Crippen LogP contribution in [0.2, 0.25) is 0 Å². The van der Waals surface area contributed by atoms with Crippen molar-refractivity contribution in [2.24, 2.45) is 5.73 Å². The number of Topliss-reactive ketones (excluding diaryl/α,β-unsaturated/α-hetero) is 1. The highest BCUT2D eigenvalue weighted by molar-refractivity contribution is 5.89. The summed E-state index contributed by atoms with van der Waals surface area (Å²) in [5, 5.41) is 1.25. The van der Waals surface area contributed by atoms with Crippen LogP contribution in [-0.2, 0) is 30.5 Å². The van der Waals surface area contributed by atoms with Gasteiger partial charge in [-0.05, 0) is 55.4 Å². The predicted molar refractivity (Wildman–Crippen MR) is 88.8 cm³/mol. The van der Waals surface area contributed by atoms with Crippen LogP contribution in [0.25, 0.3) is 10.9 Å². The van der Waals surface area contributed by atoms with Crippen LogP contribution < -0.4 is 5.73 Å². The molecule has 1 unspecified atom stereocenters. The number of hydrogen-bond donors (Lipinski definition) is 2. The van der Waals surface area contributed by atoms with Crippen molar-refractivity contribution in [2.45, 2.75) is 59.4 Å². The Hall–Kier alpha value is -1.61. The topological polar surface area (TPSA) is 58.9 Å². The lowest BCUT2D eigenvalue weighted by molar-refractivity contribution is -0.118. The number of H-pyrrole nitrogens is 1. The minimum atomic E-state index is -0.412. The van der Waals surface area contributed by atoms with E-state index in [0.29, 0.717) is 6.42 Å². The fraction of sp³-hybridized carbons (Fsp3) is 0.500. The van der Waals surface area contributed by atoms with E-state index in [-0.39, 0.29) is 5.78 Å². The number of nitrogens with one attached hydrogen (secondary N) is 1. The Balaban J connectivity index is 2.63. The predicted octanol–water partition coefficient (Wildman–Crippen LogP) is 3.31. The first kappa shape index (κ1) is 15.8. The lowest BCUT2D eigenvalue weighted by Gasteiger charge is -2.10. The van der Waals surface area contributed by atoms with E-state index in [0.717, 1.165) is 19.3 Å². The second kappa shape index (κ2) is 6.44. The number of hydrogen-bond acceptors (Lipinski definition) is 2. The number of rotatable bonds is 6. The van der Waals surface area contributed by atoms with Gasteiger partial charge < -0.3 is 10.7 Å². The second-order valence-corrected chi connectivity index (χ2v) is 5.74. The number of ketones is 1. The second-order valence-electron chi connectivity index (χ2n) is 5.74. The van der Waals surface area contributed by atoms with Crippen molar-refractivity contribution in [1.82, 2.24) is 4.98 Å². The Labute approximate surface area is 126 Å². The molecule has 3 nitrogen and oxygen atoms in total. The lowest BCUT2D eigenvalue weighted by Crippen LogP contribution is -2.30. The molecule has 1 heterocycles. The highest BCUT2D eigenvalue weighted by Crippen LogP contribution is 2.29. The molecule has 0 aliphatic rings. The highest BCUT2D eigenvalue weighted by Gasteiger charge is 2.18. The maximum absolute atomic E-state index is 11.5. The van der Waals surface area contributed by atoms with E-state index in [4.69, 9.17) is 5.73 Å². The summed E-state index contributed by atoms with van der Waals surface area (Å²) in [7, 11) is 0. The van der Waals surface area contributed by atoms with Crippen molar-refractivity contribution < 1.29 is 4.79 Å². The third-order valence-corrected chi connectivity index (χ3v) is 4.33. The van der Waals surface area contributed by atoms with Crippen molar-refractivity contribution in [3.63, 3.8) is 0 Å². The molecule has 2 aromatic rings. The summed E-state index contributed by atoms with van der Waals surface area (Å²) in [6.45, 7) is 8.07. The lowest BCUT2D eigenvalue weighted by atomic mass is 9.96. The first-order valence-corrected chi connectivity index (χ1v) is 7.92. The smallest absolute Gasteiger partial charge is 0.146 e. The number of aryl methyl sites for hydroxylation is 3. The van der Waals surface area contributed by atoms with Crippen LogP contribution >= 0.6 is 0 Å². The van der Waals surface area contributed by atoms with Gasteiger partial charge in [0.25, 0.3) is 0 Å². The molecule has 1 aromatic heterocycles. The fourth-order valence-corrected chi connectivity index (χ4v) is 2.92. The van der Waals surface area contributed by atoms with Gasteiger partial charge in [-0.1, -0.05) is 26.8 Å². The average Bonchev–Trinajstić information content (AvgIpc) is 2.83. The van der Waals surface area contributed by atoms with Gasteiger partial charge >= 0.3 is 0 Å². The Kier molecular flexibility index (Phi) is 4.84. The van der Waals surface area contributed by atoms with E-state index in [9.17, 15) is 4.79 Å². The molecule has 0 saturated heterocycles. The van der Waals surface area contributed by atoms with E-state index in [2.05, 4.69) is 37.9 Å². The average molecular weight is 286 g/mol. The molecule has 3 heteroatoms. The summed E-state index contributed by atoms with van der Waals surface area (Å²) in [6.07, 6.45) is 3.58. The molecule has 0 aliphatic carbocycles. The summed E-state index contributed by atoms with van der Waals surface area (Å²) in [5.41, 5.74) is 12.3. The van der Waals surface area contributed by atoms with Crippen LogP contribution in [0.15, 0.2) is 12.1 Å². The monoisotopic (exact) mass is 286 g/mol. The standard InChI is InChI=1S/C18H26N2O/c1-5-12-8-13(6-2)18-15(9-12)14(17(7-3)20-18)10-16(19)11(4)21/h8-9,16,20H,5-7,10,19H2,1-4H3. The number of aromatic amines is 1. The maximum Gasteiger partial charge on any atom is 0.146 e. The molecule has 0 spiro atoms. The third-order valence-electron chi connectivity index (χ3n) is 4.33. The van der Waals surface area contributed by atoms with Gasteiger partial charge in [-0.3, -0.25) is 4.79 Å². The van der Waals surface area contributed by atoms with Gasteiger partial charge in [-0.2, -0.15) is 0 Å². The van der Waals surface area contributed by atoms with Crippen molar-refractivity contribution in [1.29, 1.82) is 0 Å². The first-order chi connectivity index (χ1) is 10.0. The number of aromatic nitrogens is 1. The Morgan fingerprint density at radius 1 is 1.19 bits per heavy atom. The van der Waals surface area contributed by atoms with E-state index >= 15 is 0 Å². The van der Waals surface area contributed by atoms with Crippen LogP contribution in [0, 0.1) is 0 Å². The molecule has 0 bridgehead atoms. The van der Waals surface area contributed by atoms with E-state index in [1.807, 2.05) is 0 Å². The van der Waals surface area contributed by atoms with Gasteiger partial charge in [0.1, 0.15) is 5.78 Å². The number of benzene rings is 1. The molecule has 0 aliphatic heterocycles. The molecular weight excluding hydrogens is 260 g/mol. The van der Waals surface area contributed by atoms with Crippen molar-refractivity contribution in [3.8, 4) is 0 Å². The number of carbonyl (C=O) groups is 1. The SMILES string of the molecule is CCc1cc(CC)c2[nH]c(CC)c(CC(N)C(C)=O)c2c1. The summed E-state index contributed by atoms with van der Waals surface area (Å²) < 4.78 is 0. The van der Waals surface area contributed by atoms with Crippen molar-refractivity contribution >= 4 is 16.7 Å². The van der Waals surface area contributed by atoms with E-state index < -0.39 is 6.04 Å². The minimum absolute atomic E-state index is 0.0498. The molecule has 21 heavy (non-hydrogen) atoms. The van der Waals surface area contributed by atoms with Crippen molar-refractivity contribution in [2.75, 3.05) is 0 Å². The van der Waals surface area contributed by atoms with Crippen LogP contribution in [0.5, 0.6) is 0 Å². The maximum atomic E-state index is 11.5. The quantitative estimate of drug-likeness (QED) is 0.856. The van der Waals surface area contributed by atoms with Crippen LogP contribution in [0.3, 0.4) is 0 Å². The van der Waals surface area contributed by atoms with Crippen LogP contribution in [-0.4, -0.2) is 16.8 Å². The Morgan fingerprint density at radius 2 is 1.90 bits per heavy atom. The fourth-order valence-electron chi connectivity index (χ4n) is 2.92. The molecule has 0 saturated carbocycles. The van der Waals surface area contributed by atoms with Gasteiger partial charge in [0.2, 0.25) is 0 Å². The van der Waals surface area contributed by atoms with Crippen molar-refractivity contribution in [3.05, 3.63) is 34.5 Å². The van der Waals surface area contributed by atoms with E-state index in [1.54, 1.807) is 6.92 Å². The van der Waals surface area contributed by atoms with Gasteiger partial charge in [-0.15, -0.1) is 0 Å². The Morgan fingerprint density at radius 3 is 2.43 bits per heavy atom. The van der Waals surface area contributed by atoms with Crippen LogP contribution in [0.4, 0.5) is 0 Å². The molecule has 2 rings (SSSR count). The van der Waals surface area contributed by atoms with Gasteiger partial charge in [-0.25, -0.2) is 0 Å². The van der Waals surface area contributed by atoms with Gasteiger partial charge in [0.05, 0.1) is 6.04 Å². The third kappa shape index (κ3) is 3.03. The molecule has 0 fully saturated rings. The number of nitrogens with two attached hydrogens (primary N) is 1. The molecule has 0 amide bonds. The summed E-state index contributed by atoms with van der Waals surface area (Å²) in [6, 6.07) is 4.13. The largest absolute Gasteiger partial charge is 0.358 e. The zero-order chi connectivity index (χ0) is 15.6. The minimum Gasteiger partial charge on any atom is -0.358 e. The van der Waals surface area contributed by atoms with Crippen LogP contribution in [0.1, 0.15) is 50.1 Å². The normalized spacial score (nSPS) is 12.8. The number of carbonyl (C=O) groups excluding carboxylic acids is 1. The molecule has 0 radical (unpaired) electrons. The van der Waals surface area contributed by atoms with Gasteiger partial charge in [0.15, 0.2) is 0 Å². The first-order valence-electron chi connectivity index (χ1n) is 7.92.